The van der Waals surface area contributed by atoms with Gasteiger partial charge in [-0.05, 0) is 24.3 Å². The molecule has 2 heterocycles. The Hall–Kier alpha value is -3.67. The largest absolute Gasteiger partial charge is 0.480 e. The second kappa shape index (κ2) is 8.60. The van der Waals surface area contributed by atoms with Crippen LogP contribution < -0.4 is 10.1 Å². The SMILES string of the molecule is COC(=O)c1ccc(Cl)c(NC(=O)c2cnn(-c3ccc(OC)nn3)c2C(F)(F)F)c1. The first-order valence-corrected chi connectivity index (χ1v) is 8.76. The number of anilines is 1. The minimum Gasteiger partial charge on any atom is -0.480 e. The summed E-state index contributed by atoms with van der Waals surface area (Å²) in [4.78, 5) is 24.3. The highest BCUT2D eigenvalue weighted by atomic mass is 35.5. The summed E-state index contributed by atoms with van der Waals surface area (Å²) in [6, 6.07) is 6.31. The van der Waals surface area contributed by atoms with Crippen molar-refractivity contribution in [3.05, 3.63) is 58.4 Å². The number of hydrogen-bond acceptors (Lipinski definition) is 7. The van der Waals surface area contributed by atoms with Gasteiger partial charge in [0.25, 0.3) is 5.91 Å². The van der Waals surface area contributed by atoms with E-state index in [0.29, 0.717) is 4.68 Å². The van der Waals surface area contributed by atoms with Crippen LogP contribution in [-0.4, -0.2) is 46.1 Å². The van der Waals surface area contributed by atoms with Crippen LogP contribution in [0.1, 0.15) is 26.4 Å². The van der Waals surface area contributed by atoms with E-state index in [2.05, 4.69) is 25.3 Å². The second-order valence-electron chi connectivity index (χ2n) is 5.89. The van der Waals surface area contributed by atoms with E-state index in [0.717, 1.165) is 13.3 Å². The number of methoxy groups -OCH3 is 2. The van der Waals surface area contributed by atoms with Crippen molar-refractivity contribution in [2.45, 2.75) is 6.18 Å². The second-order valence-corrected chi connectivity index (χ2v) is 6.30. The van der Waals surface area contributed by atoms with Gasteiger partial charge in [0.1, 0.15) is 0 Å². The molecule has 0 atom stereocenters. The highest BCUT2D eigenvalue weighted by Gasteiger charge is 2.41. The molecule has 0 unspecified atom stereocenters. The average molecular weight is 456 g/mol. The number of nitrogens with one attached hydrogen (secondary N) is 1. The number of alkyl halides is 3. The van der Waals surface area contributed by atoms with Crippen molar-refractivity contribution in [3.63, 3.8) is 0 Å². The van der Waals surface area contributed by atoms with E-state index in [1.54, 1.807) is 0 Å². The zero-order valence-electron chi connectivity index (χ0n) is 15.9. The summed E-state index contributed by atoms with van der Waals surface area (Å²) in [7, 11) is 2.47. The monoisotopic (exact) mass is 455 g/mol. The summed E-state index contributed by atoms with van der Waals surface area (Å²) in [5.41, 5.74) is -2.20. The molecule has 3 aromatic rings. The Morgan fingerprint density at radius 2 is 1.87 bits per heavy atom. The van der Waals surface area contributed by atoms with Crippen LogP contribution in [0.25, 0.3) is 5.82 Å². The fourth-order valence-corrected chi connectivity index (χ4v) is 2.72. The summed E-state index contributed by atoms with van der Waals surface area (Å²) in [6.07, 6.45) is -4.22. The smallest absolute Gasteiger partial charge is 0.434 e. The topological polar surface area (TPSA) is 108 Å². The zero-order chi connectivity index (χ0) is 22.8. The summed E-state index contributed by atoms with van der Waals surface area (Å²) < 4.78 is 51.1. The molecule has 0 bridgehead atoms. The number of halogens is 4. The summed E-state index contributed by atoms with van der Waals surface area (Å²) in [5, 5.41) is 13.1. The minimum atomic E-state index is -4.96. The normalized spacial score (nSPS) is 11.2. The van der Waals surface area contributed by atoms with Gasteiger partial charge in [-0.25, -0.2) is 9.48 Å². The number of amides is 1. The maximum absolute atomic E-state index is 13.8. The maximum Gasteiger partial charge on any atom is 0.434 e. The molecule has 1 amide bonds. The highest BCUT2D eigenvalue weighted by Crippen LogP contribution is 2.34. The number of hydrogen-bond donors (Lipinski definition) is 1. The van der Waals surface area contributed by atoms with Crippen LogP contribution in [0.15, 0.2) is 36.5 Å². The highest BCUT2D eigenvalue weighted by molar-refractivity contribution is 6.34. The molecule has 0 saturated carbocycles. The first-order valence-electron chi connectivity index (χ1n) is 8.38. The van der Waals surface area contributed by atoms with Gasteiger partial charge in [0.15, 0.2) is 11.5 Å². The van der Waals surface area contributed by atoms with Gasteiger partial charge in [-0.15, -0.1) is 10.2 Å². The molecule has 3 rings (SSSR count). The van der Waals surface area contributed by atoms with E-state index in [1.165, 1.54) is 37.4 Å². The molecule has 0 aliphatic carbocycles. The van der Waals surface area contributed by atoms with Crippen molar-refractivity contribution in [1.29, 1.82) is 0 Å². The molecule has 2 aromatic heterocycles. The molecule has 0 aliphatic heterocycles. The molecule has 0 radical (unpaired) electrons. The van der Waals surface area contributed by atoms with Gasteiger partial charge in [0.2, 0.25) is 5.88 Å². The summed E-state index contributed by atoms with van der Waals surface area (Å²) in [6.45, 7) is 0. The Morgan fingerprint density at radius 3 is 2.45 bits per heavy atom. The molecule has 0 fully saturated rings. The van der Waals surface area contributed by atoms with Crippen LogP contribution in [0.4, 0.5) is 18.9 Å². The molecule has 162 valence electrons. The summed E-state index contributed by atoms with van der Waals surface area (Å²) in [5.74, 6) is -2.06. The molecule has 0 aliphatic rings. The third kappa shape index (κ3) is 4.58. The zero-order valence-corrected chi connectivity index (χ0v) is 16.7. The van der Waals surface area contributed by atoms with Gasteiger partial charge in [0.05, 0.1) is 42.3 Å². The van der Waals surface area contributed by atoms with Crippen LogP contribution in [-0.2, 0) is 10.9 Å². The van der Waals surface area contributed by atoms with Gasteiger partial charge in [-0.3, -0.25) is 4.79 Å². The number of carbonyl (C=O) groups is 2. The number of nitrogens with zero attached hydrogens (tertiary/aromatic N) is 4. The Kier molecular flexibility index (Phi) is 6.11. The fraction of sp³-hybridized carbons (Fsp3) is 0.167. The van der Waals surface area contributed by atoms with Gasteiger partial charge in [-0.1, -0.05) is 11.6 Å². The van der Waals surface area contributed by atoms with Crippen LogP contribution in [0.3, 0.4) is 0 Å². The lowest BCUT2D eigenvalue weighted by Gasteiger charge is -2.13. The molecule has 31 heavy (non-hydrogen) atoms. The molecular weight excluding hydrogens is 443 g/mol. The Balaban J connectivity index is 2.00. The van der Waals surface area contributed by atoms with E-state index in [1.807, 2.05) is 0 Å². The first kappa shape index (κ1) is 22.0. The molecule has 1 N–H and O–H groups in total. The predicted molar refractivity (Wildman–Crippen MR) is 101 cm³/mol. The lowest BCUT2D eigenvalue weighted by Crippen LogP contribution is -2.21. The summed E-state index contributed by atoms with van der Waals surface area (Å²) >= 11 is 5.99. The van der Waals surface area contributed by atoms with Gasteiger partial charge in [-0.2, -0.15) is 18.3 Å². The van der Waals surface area contributed by atoms with Gasteiger partial charge in [0, 0.05) is 6.07 Å². The molecule has 0 saturated heterocycles. The molecule has 13 heteroatoms. The quantitative estimate of drug-likeness (QED) is 0.587. The molecule has 0 spiro atoms. The third-order valence-corrected chi connectivity index (χ3v) is 4.30. The van der Waals surface area contributed by atoms with E-state index < -0.39 is 29.3 Å². The lowest BCUT2D eigenvalue weighted by molar-refractivity contribution is -0.143. The Morgan fingerprint density at radius 1 is 1.13 bits per heavy atom. The van der Waals surface area contributed by atoms with Crippen LogP contribution >= 0.6 is 11.6 Å². The van der Waals surface area contributed by atoms with Gasteiger partial charge < -0.3 is 14.8 Å². The number of ether oxygens (including phenoxy) is 2. The van der Waals surface area contributed by atoms with Crippen LogP contribution in [0, 0.1) is 0 Å². The molecule has 9 nitrogen and oxygen atoms in total. The maximum atomic E-state index is 13.8. The van der Waals surface area contributed by atoms with E-state index in [4.69, 9.17) is 16.3 Å². The number of esters is 1. The van der Waals surface area contributed by atoms with Crippen molar-refractivity contribution in [3.8, 4) is 11.7 Å². The Bertz CT molecular complexity index is 1130. The minimum absolute atomic E-state index is 0.00275. The third-order valence-electron chi connectivity index (χ3n) is 3.97. The number of rotatable bonds is 5. The van der Waals surface area contributed by atoms with E-state index >= 15 is 0 Å². The van der Waals surface area contributed by atoms with Gasteiger partial charge >= 0.3 is 12.1 Å². The van der Waals surface area contributed by atoms with Crippen molar-refractivity contribution in [1.82, 2.24) is 20.0 Å². The average Bonchev–Trinajstić information content (AvgIpc) is 3.21. The number of carbonyl (C=O) groups excluding carboxylic acids is 2. The van der Waals surface area contributed by atoms with E-state index in [-0.39, 0.29) is 28.0 Å². The number of benzene rings is 1. The lowest BCUT2D eigenvalue weighted by atomic mass is 10.1. The van der Waals surface area contributed by atoms with E-state index in [9.17, 15) is 22.8 Å². The van der Waals surface area contributed by atoms with Crippen LogP contribution in [0.5, 0.6) is 5.88 Å². The molecular formula is C18H13ClF3N5O4. The number of aromatic nitrogens is 4. The van der Waals surface area contributed by atoms with Crippen LogP contribution in [0.2, 0.25) is 5.02 Å². The standard InChI is InChI=1S/C18H13ClF3N5O4/c1-30-14-6-5-13(25-26-14)27-15(18(20,21)22)10(8-23-27)16(28)24-12-7-9(17(29)31-2)3-4-11(12)19/h3-8H,1-2H3,(H,24,28). The fourth-order valence-electron chi connectivity index (χ4n) is 2.55. The van der Waals surface area contributed by atoms with Crippen molar-refractivity contribution >= 4 is 29.2 Å². The van der Waals surface area contributed by atoms with Crippen molar-refractivity contribution < 1.29 is 32.2 Å². The Labute approximate surface area is 177 Å². The molecule has 1 aromatic carbocycles. The van der Waals surface area contributed by atoms with Crippen molar-refractivity contribution in [2.75, 3.05) is 19.5 Å². The van der Waals surface area contributed by atoms with Crippen molar-refractivity contribution in [2.24, 2.45) is 0 Å². The predicted octanol–water partition coefficient (Wildman–Crippen LogP) is 3.38. The first-order chi connectivity index (χ1) is 14.7.